The molecule has 0 atom stereocenters. The van der Waals surface area contributed by atoms with E-state index in [1.165, 1.54) is 5.56 Å². The van der Waals surface area contributed by atoms with Gasteiger partial charge in [-0.2, -0.15) is 0 Å². The number of likely N-dealkylation sites (tertiary alicyclic amines) is 1. The molecular formula is C20H26Cl2N2O2. The van der Waals surface area contributed by atoms with Crippen molar-refractivity contribution in [2.75, 3.05) is 26.2 Å². The first-order valence-electron chi connectivity index (χ1n) is 8.95. The third kappa shape index (κ3) is 5.50. The Balaban J connectivity index is 0.00000243. The fraction of sp³-hybridized carbons (Fsp3) is 0.450. The Morgan fingerprint density at radius 1 is 1.23 bits per heavy atom. The smallest absolute Gasteiger partial charge is 0.289 e. The lowest BCUT2D eigenvalue weighted by Crippen LogP contribution is -2.40. The Bertz CT molecular complexity index is 666. The summed E-state index contributed by atoms with van der Waals surface area (Å²) in [6, 6.07) is 11.6. The molecule has 0 bridgehead atoms. The minimum Gasteiger partial charge on any atom is -0.459 e. The van der Waals surface area contributed by atoms with E-state index in [1.54, 1.807) is 18.4 Å². The zero-order chi connectivity index (χ0) is 17.6. The number of halogens is 2. The van der Waals surface area contributed by atoms with E-state index < -0.39 is 0 Å². The van der Waals surface area contributed by atoms with Crippen LogP contribution in [-0.4, -0.2) is 41.9 Å². The van der Waals surface area contributed by atoms with Gasteiger partial charge in [-0.05, 0) is 68.6 Å². The van der Waals surface area contributed by atoms with Gasteiger partial charge in [0.05, 0.1) is 6.26 Å². The Hall–Kier alpha value is -1.49. The number of amides is 1. The van der Waals surface area contributed by atoms with Crippen molar-refractivity contribution in [2.24, 2.45) is 5.92 Å². The van der Waals surface area contributed by atoms with Crippen molar-refractivity contribution in [1.29, 1.82) is 0 Å². The zero-order valence-corrected chi connectivity index (χ0v) is 16.6. The van der Waals surface area contributed by atoms with Gasteiger partial charge in [0.25, 0.3) is 5.91 Å². The van der Waals surface area contributed by atoms with E-state index >= 15 is 0 Å². The third-order valence-electron chi connectivity index (χ3n) is 4.91. The van der Waals surface area contributed by atoms with Gasteiger partial charge in [-0.15, -0.1) is 12.4 Å². The molecule has 1 saturated heterocycles. The van der Waals surface area contributed by atoms with Gasteiger partial charge in [-0.3, -0.25) is 9.69 Å². The molecule has 4 nitrogen and oxygen atoms in total. The van der Waals surface area contributed by atoms with Gasteiger partial charge in [0.2, 0.25) is 0 Å². The molecule has 0 radical (unpaired) electrons. The molecule has 1 aliphatic rings. The van der Waals surface area contributed by atoms with E-state index in [0.29, 0.717) is 18.2 Å². The van der Waals surface area contributed by atoms with Crippen LogP contribution in [0.3, 0.4) is 0 Å². The van der Waals surface area contributed by atoms with Gasteiger partial charge in [-0.25, -0.2) is 0 Å². The maximum atomic E-state index is 12.5. The molecule has 26 heavy (non-hydrogen) atoms. The van der Waals surface area contributed by atoms with E-state index in [2.05, 4.69) is 17.0 Å². The number of furan rings is 1. The van der Waals surface area contributed by atoms with E-state index in [0.717, 1.165) is 44.0 Å². The zero-order valence-electron chi connectivity index (χ0n) is 15.1. The molecule has 3 rings (SSSR count). The first-order valence-corrected chi connectivity index (χ1v) is 9.33. The van der Waals surface area contributed by atoms with Crippen LogP contribution in [0.2, 0.25) is 5.02 Å². The summed E-state index contributed by atoms with van der Waals surface area (Å²) in [5, 5.41) is 0.781. The molecule has 1 aromatic carbocycles. The molecule has 142 valence electrons. The van der Waals surface area contributed by atoms with Crippen LogP contribution in [0.15, 0.2) is 47.1 Å². The minimum atomic E-state index is -0.00362. The number of piperidine rings is 1. The summed E-state index contributed by atoms with van der Waals surface area (Å²) in [4.78, 5) is 16.8. The van der Waals surface area contributed by atoms with Crippen molar-refractivity contribution in [2.45, 2.75) is 26.3 Å². The Morgan fingerprint density at radius 3 is 2.50 bits per heavy atom. The molecule has 2 heterocycles. The monoisotopic (exact) mass is 396 g/mol. The number of carbonyl (C=O) groups is 1. The lowest BCUT2D eigenvalue weighted by Gasteiger charge is -2.34. The van der Waals surface area contributed by atoms with E-state index in [4.69, 9.17) is 16.0 Å². The fourth-order valence-corrected chi connectivity index (χ4v) is 3.52. The van der Waals surface area contributed by atoms with Gasteiger partial charge in [-0.1, -0.05) is 23.7 Å². The summed E-state index contributed by atoms with van der Waals surface area (Å²) in [6.07, 6.45) is 3.79. The minimum absolute atomic E-state index is 0. The van der Waals surface area contributed by atoms with E-state index in [1.807, 2.05) is 24.0 Å². The van der Waals surface area contributed by atoms with Crippen LogP contribution in [0, 0.1) is 5.92 Å². The lowest BCUT2D eigenvalue weighted by atomic mass is 9.95. The normalized spacial score (nSPS) is 15.5. The summed E-state index contributed by atoms with van der Waals surface area (Å²) in [5.41, 5.74) is 1.30. The van der Waals surface area contributed by atoms with Crippen molar-refractivity contribution >= 4 is 29.9 Å². The Morgan fingerprint density at radius 2 is 1.92 bits per heavy atom. The summed E-state index contributed by atoms with van der Waals surface area (Å²) < 4.78 is 5.25. The average Bonchev–Trinajstić information content (AvgIpc) is 3.17. The number of hydrogen-bond acceptors (Lipinski definition) is 3. The third-order valence-corrected chi connectivity index (χ3v) is 5.16. The lowest BCUT2D eigenvalue weighted by molar-refractivity contribution is 0.0667. The van der Waals surface area contributed by atoms with E-state index in [9.17, 15) is 4.79 Å². The molecule has 0 N–H and O–H groups in total. The van der Waals surface area contributed by atoms with Crippen LogP contribution in [0.5, 0.6) is 0 Å². The average molecular weight is 397 g/mol. The highest BCUT2D eigenvalue weighted by molar-refractivity contribution is 6.30. The molecule has 6 heteroatoms. The van der Waals surface area contributed by atoms with Crippen LogP contribution >= 0.6 is 24.0 Å². The van der Waals surface area contributed by atoms with Crippen LogP contribution in [0.1, 0.15) is 35.9 Å². The predicted octanol–water partition coefficient (Wildman–Crippen LogP) is 4.73. The van der Waals surface area contributed by atoms with Gasteiger partial charge in [0, 0.05) is 24.7 Å². The highest BCUT2D eigenvalue weighted by Crippen LogP contribution is 2.21. The second kappa shape index (κ2) is 10.0. The highest BCUT2D eigenvalue weighted by atomic mass is 35.5. The summed E-state index contributed by atoms with van der Waals surface area (Å²) in [5.74, 6) is 0.985. The Kier molecular flexibility index (Phi) is 8.01. The molecule has 0 saturated carbocycles. The molecule has 1 aromatic heterocycles. The van der Waals surface area contributed by atoms with Gasteiger partial charge in [0.1, 0.15) is 0 Å². The van der Waals surface area contributed by atoms with Gasteiger partial charge >= 0.3 is 0 Å². The van der Waals surface area contributed by atoms with Crippen LogP contribution < -0.4 is 0 Å². The molecule has 1 amide bonds. The van der Waals surface area contributed by atoms with Crippen molar-refractivity contribution in [1.82, 2.24) is 9.80 Å². The number of hydrogen-bond donors (Lipinski definition) is 0. The topological polar surface area (TPSA) is 36.7 Å². The molecule has 0 spiro atoms. The number of benzene rings is 1. The SMILES string of the molecule is CCN(CC1CCN(Cc2ccc(Cl)cc2)CC1)C(=O)c1ccco1.Cl. The molecule has 1 aliphatic heterocycles. The second-order valence-electron chi connectivity index (χ2n) is 6.67. The van der Waals surface area contributed by atoms with Crippen molar-refractivity contribution in [3.05, 3.63) is 59.0 Å². The summed E-state index contributed by atoms with van der Waals surface area (Å²) in [6.45, 7) is 6.65. The van der Waals surface area contributed by atoms with Gasteiger partial charge in [0.15, 0.2) is 5.76 Å². The van der Waals surface area contributed by atoms with E-state index in [-0.39, 0.29) is 18.3 Å². The van der Waals surface area contributed by atoms with Crippen LogP contribution in [0.25, 0.3) is 0 Å². The second-order valence-corrected chi connectivity index (χ2v) is 7.10. The first-order chi connectivity index (χ1) is 12.2. The maximum Gasteiger partial charge on any atom is 0.289 e. The predicted molar refractivity (Wildman–Crippen MR) is 107 cm³/mol. The maximum absolute atomic E-state index is 12.5. The Labute approximate surface area is 166 Å². The number of rotatable bonds is 6. The number of nitrogens with zero attached hydrogens (tertiary/aromatic N) is 2. The van der Waals surface area contributed by atoms with Crippen molar-refractivity contribution in [3.63, 3.8) is 0 Å². The van der Waals surface area contributed by atoms with Crippen molar-refractivity contribution < 1.29 is 9.21 Å². The molecule has 0 aliphatic carbocycles. The van der Waals surface area contributed by atoms with Crippen LogP contribution in [0.4, 0.5) is 0 Å². The summed E-state index contributed by atoms with van der Waals surface area (Å²) in [7, 11) is 0. The highest BCUT2D eigenvalue weighted by Gasteiger charge is 2.24. The van der Waals surface area contributed by atoms with Gasteiger partial charge < -0.3 is 9.32 Å². The standard InChI is InChI=1S/C20H25ClN2O2.ClH/c1-2-23(20(24)19-4-3-13-25-19)15-17-9-11-22(12-10-17)14-16-5-7-18(21)8-6-16;/h3-8,13,17H,2,9-12,14-15H2,1H3;1H. The molecule has 2 aromatic rings. The largest absolute Gasteiger partial charge is 0.459 e. The molecule has 1 fully saturated rings. The van der Waals surface area contributed by atoms with Crippen LogP contribution in [-0.2, 0) is 6.54 Å². The summed E-state index contributed by atoms with van der Waals surface area (Å²) >= 11 is 5.95. The molecule has 0 unspecified atom stereocenters. The number of carbonyl (C=O) groups excluding carboxylic acids is 1. The quantitative estimate of drug-likeness (QED) is 0.707. The van der Waals surface area contributed by atoms with Crippen molar-refractivity contribution in [3.8, 4) is 0 Å². The molecular weight excluding hydrogens is 371 g/mol. The fourth-order valence-electron chi connectivity index (χ4n) is 3.40. The first kappa shape index (κ1) is 20.8.